The number of halogens is 3. The fourth-order valence-electron chi connectivity index (χ4n) is 2.75. The lowest BCUT2D eigenvalue weighted by Gasteiger charge is -2.17. The number of aryl methyl sites for hydroxylation is 1. The molecule has 2 heterocycles. The Kier molecular flexibility index (Phi) is 6.13. The molecular weight excluding hydrogens is 435 g/mol. The molecule has 164 valence electrons. The van der Waals surface area contributed by atoms with Crippen molar-refractivity contribution >= 4 is 21.7 Å². The van der Waals surface area contributed by atoms with Gasteiger partial charge in [0.25, 0.3) is 0 Å². The largest absolute Gasteiger partial charge is 0.416 e. The summed E-state index contributed by atoms with van der Waals surface area (Å²) in [6.07, 6.45) is -1.95. The zero-order valence-corrected chi connectivity index (χ0v) is 17.3. The Hall–Kier alpha value is -3.25. The van der Waals surface area contributed by atoms with E-state index in [1.807, 2.05) is 0 Å². The third-order valence-electron chi connectivity index (χ3n) is 4.23. The minimum Gasteiger partial charge on any atom is -0.309 e. The summed E-state index contributed by atoms with van der Waals surface area (Å²) in [6.45, 7) is 1.09. The molecule has 8 nitrogen and oxygen atoms in total. The second kappa shape index (κ2) is 8.47. The van der Waals surface area contributed by atoms with Gasteiger partial charge in [-0.05, 0) is 37.3 Å². The molecule has 0 fully saturated rings. The van der Waals surface area contributed by atoms with Crippen molar-refractivity contribution in [2.45, 2.75) is 18.0 Å². The lowest BCUT2D eigenvalue weighted by atomic mass is 10.2. The number of hydrogen-bond acceptors (Lipinski definition) is 5. The molecule has 3 rings (SSSR count). The predicted octanol–water partition coefficient (Wildman–Crippen LogP) is 2.85. The summed E-state index contributed by atoms with van der Waals surface area (Å²) in [7, 11) is -2.71. The quantitative estimate of drug-likeness (QED) is 0.619. The van der Waals surface area contributed by atoms with E-state index in [0.29, 0.717) is 5.69 Å². The number of pyridine rings is 1. The molecule has 0 saturated heterocycles. The van der Waals surface area contributed by atoms with Crippen LogP contribution in [0.25, 0.3) is 5.69 Å². The molecule has 1 N–H and O–H groups in total. The molecule has 3 aromatic rings. The lowest BCUT2D eigenvalue weighted by molar-refractivity contribution is -0.137. The number of alkyl halides is 3. The zero-order valence-electron chi connectivity index (χ0n) is 16.5. The van der Waals surface area contributed by atoms with Gasteiger partial charge in [-0.2, -0.15) is 22.6 Å². The van der Waals surface area contributed by atoms with Crippen LogP contribution in [0.5, 0.6) is 0 Å². The first kappa shape index (κ1) is 22.4. The van der Waals surface area contributed by atoms with Crippen LogP contribution in [0.4, 0.5) is 19.0 Å². The van der Waals surface area contributed by atoms with Gasteiger partial charge in [-0.3, -0.25) is 9.78 Å². The second-order valence-electron chi connectivity index (χ2n) is 6.63. The van der Waals surface area contributed by atoms with Gasteiger partial charge in [-0.25, -0.2) is 13.1 Å². The summed E-state index contributed by atoms with van der Waals surface area (Å²) in [4.78, 5) is 16.1. The Balaban J connectivity index is 1.81. The molecule has 0 atom stereocenters. The van der Waals surface area contributed by atoms with Crippen LogP contribution in [0.15, 0.2) is 59.8 Å². The Bertz CT molecular complexity index is 1190. The molecule has 12 heteroatoms. The molecule has 0 aliphatic rings. The maximum atomic E-state index is 13.0. The monoisotopic (exact) mass is 453 g/mol. The fraction of sp³-hybridized carbons (Fsp3) is 0.211. The van der Waals surface area contributed by atoms with Gasteiger partial charge in [-0.1, -0.05) is 6.07 Å². The number of benzene rings is 1. The van der Waals surface area contributed by atoms with Gasteiger partial charge >= 0.3 is 6.18 Å². The number of carbonyl (C=O) groups excluding carboxylic acids is 1. The van der Waals surface area contributed by atoms with Crippen molar-refractivity contribution in [1.29, 1.82) is 0 Å². The van der Waals surface area contributed by atoms with Crippen LogP contribution in [0.3, 0.4) is 0 Å². The average molecular weight is 453 g/mol. The Morgan fingerprint density at radius 1 is 1.19 bits per heavy atom. The summed E-state index contributed by atoms with van der Waals surface area (Å²) < 4.78 is 66.1. The van der Waals surface area contributed by atoms with Gasteiger partial charge in [0.15, 0.2) is 0 Å². The van der Waals surface area contributed by atoms with E-state index in [1.165, 1.54) is 43.6 Å². The number of anilines is 1. The van der Waals surface area contributed by atoms with Crippen molar-refractivity contribution < 1.29 is 26.4 Å². The highest BCUT2D eigenvalue weighted by atomic mass is 32.2. The van der Waals surface area contributed by atoms with Gasteiger partial charge in [0.2, 0.25) is 15.9 Å². The van der Waals surface area contributed by atoms with Gasteiger partial charge in [0.1, 0.15) is 10.7 Å². The molecular formula is C19H18F3N5O3S. The maximum Gasteiger partial charge on any atom is 0.416 e. The van der Waals surface area contributed by atoms with Crippen molar-refractivity contribution in [2.75, 3.05) is 18.9 Å². The maximum absolute atomic E-state index is 13.0. The van der Waals surface area contributed by atoms with Crippen LogP contribution in [0.1, 0.15) is 11.3 Å². The number of nitrogens with one attached hydrogen (secondary N) is 1. The molecule has 0 spiro atoms. The highest BCUT2D eigenvalue weighted by Crippen LogP contribution is 2.31. The third-order valence-corrected chi connectivity index (χ3v) is 6.01. The van der Waals surface area contributed by atoms with Crippen molar-refractivity contribution in [3.05, 3.63) is 66.1 Å². The zero-order chi connectivity index (χ0) is 22.8. The molecule has 2 aromatic heterocycles. The van der Waals surface area contributed by atoms with Crippen molar-refractivity contribution in [3.8, 4) is 5.69 Å². The number of amides is 1. The van der Waals surface area contributed by atoms with E-state index in [9.17, 15) is 26.4 Å². The first-order chi connectivity index (χ1) is 14.5. The molecule has 1 amide bonds. The van der Waals surface area contributed by atoms with Crippen LogP contribution >= 0.6 is 0 Å². The highest BCUT2D eigenvalue weighted by molar-refractivity contribution is 7.89. The number of carbonyl (C=O) groups is 1. The summed E-state index contributed by atoms with van der Waals surface area (Å²) in [6, 6.07) is 8.75. The molecule has 1 aromatic carbocycles. The molecule has 0 saturated carbocycles. The standard InChI is InChI=1S/C19H18F3N5O3S/c1-13-9-17(27(25-13)15-6-3-5-14(10-15)19(20,21)22)24-18(28)12-26(2)31(29,30)16-7-4-8-23-11-16/h3-11H,12H2,1-2H3,(H,24,28). The summed E-state index contributed by atoms with van der Waals surface area (Å²) in [5.41, 5.74) is -0.323. The lowest BCUT2D eigenvalue weighted by Crippen LogP contribution is -2.35. The molecule has 0 aliphatic heterocycles. The van der Waals surface area contributed by atoms with E-state index in [0.717, 1.165) is 27.3 Å². The number of aromatic nitrogens is 3. The smallest absolute Gasteiger partial charge is 0.309 e. The average Bonchev–Trinajstić information content (AvgIpc) is 3.08. The van der Waals surface area contributed by atoms with Gasteiger partial charge in [0, 0.05) is 25.5 Å². The molecule has 0 radical (unpaired) electrons. The van der Waals surface area contributed by atoms with Crippen LogP contribution in [-0.4, -0.2) is 47.0 Å². The van der Waals surface area contributed by atoms with Gasteiger partial charge in [0.05, 0.1) is 23.5 Å². The van der Waals surface area contributed by atoms with E-state index >= 15 is 0 Å². The first-order valence-corrected chi connectivity index (χ1v) is 10.3. The number of sulfonamides is 1. The number of likely N-dealkylation sites (N-methyl/N-ethyl adjacent to an activating group) is 1. The minimum atomic E-state index is -4.54. The van der Waals surface area contributed by atoms with Gasteiger partial charge in [-0.15, -0.1) is 0 Å². The SMILES string of the molecule is Cc1cc(NC(=O)CN(C)S(=O)(=O)c2cccnc2)n(-c2cccc(C(F)(F)F)c2)n1. The van der Waals surface area contributed by atoms with Crippen LogP contribution < -0.4 is 5.32 Å². The van der Waals surface area contributed by atoms with E-state index in [1.54, 1.807) is 6.92 Å². The number of hydrogen-bond donors (Lipinski definition) is 1. The Labute approximate surface area is 176 Å². The fourth-order valence-corrected chi connectivity index (χ4v) is 3.84. The molecule has 0 bridgehead atoms. The highest BCUT2D eigenvalue weighted by Gasteiger charge is 2.31. The predicted molar refractivity (Wildman–Crippen MR) is 106 cm³/mol. The van der Waals surface area contributed by atoms with Crippen LogP contribution in [0, 0.1) is 6.92 Å². The topological polar surface area (TPSA) is 97.2 Å². The van der Waals surface area contributed by atoms with Crippen molar-refractivity contribution in [1.82, 2.24) is 19.1 Å². The van der Waals surface area contributed by atoms with E-state index < -0.39 is 34.2 Å². The number of rotatable bonds is 6. The molecule has 31 heavy (non-hydrogen) atoms. The van der Waals surface area contributed by atoms with E-state index in [-0.39, 0.29) is 16.4 Å². The van der Waals surface area contributed by atoms with Crippen molar-refractivity contribution in [3.63, 3.8) is 0 Å². The normalized spacial score (nSPS) is 12.2. The molecule has 0 unspecified atom stereocenters. The number of nitrogens with zero attached hydrogens (tertiary/aromatic N) is 4. The summed E-state index contributed by atoms with van der Waals surface area (Å²) in [5, 5.41) is 6.63. The first-order valence-electron chi connectivity index (χ1n) is 8.89. The summed E-state index contributed by atoms with van der Waals surface area (Å²) in [5.74, 6) is -0.586. The Morgan fingerprint density at radius 2 is 1.94 bits per heavy atom. The third kappa shape index (κ3) is 5.09. The molecule has 0 aliphatic carbocycles. The Morgan fingerprint density at radius 3 is 2.58 bits per heavy atom. The minimum absolute atomic E-state index is 0.0739. The van der Waals surface area contributed by atoms with E-state index in [4.69, 9.17) is 0 Å². The van der Waals surface area contributed by atoms with Gasteiger partial charge < -0.3 is 5.32 Å². The van der Waals surface area contributed by atoms with Crippen molar-refractivity contribution in [2.24, 2.45) is 0 Å². The van der Waals surface area contributed by atoms with Crippen LogP contribution in [0.2, 0.25) is 0 Å². The summed E-state index contributed by atoms with van der Waals surface area (Å²) >= 11 is 0. The second-order valence-corrected chi connectivity index (χ2v) is 8.67. The van der Waals surface area contributed by atoms with Crippen LogP contribution in [-0.2, 0) is 21.0 Å². The van der Waals surface area contributed by atoms with E-state index in [2.05, 4.69) is 15.4 Å².